The summed E-state index contributed by atoms with van der Waals surface area (Å²) in [6, 6.07) is 10.8. The summed E-state index contributed by atoms with van der Waals surface area (Å²) in [6.07, 6.45) is 1.42. The van der Waals surface area contributed by atoms with Gasteiger partial charge in [0.2, 0.25) is 15.9 Å². The summed E-state index contributed by atoms with van der Waals surface area (Å²) < 4.78 is 27.1. The fourth-order valence-electron chi connectivity index (χ4n) is 2.97. The number of nitrogens with zero attached hydrogens (tertiary/aromatic N) is 1. The first kappa shape index (κ1) is 18.1. The smallest absolute Gasteiger partial charge is 0.243 e. The first-order valence-corrected chi connectivity index (χ1v) is 10.7. The van der Waals surface area contributed by atoms with Crippen LogP contribution in [0.1, 0.15) is 23.3 Å². The van der Waals surface area contributed by atoms with Crippen LogP contribution in [0.25, 0.3) is 0 Å². The molecule has 1 N–H and O–H groups in total. The van der Waals surface area contributed by atoms with Crippen molar-refractivity contribution in [3.8, 4) is 0 Å². The van der Waals surface area contributed by atoms with Gasteiger partial charge in [0.25, 0.3) is 0 Å². The van der Waals surface area contributed by atoms with Gasteiger partial charge < -0.3 is 5.32 Å². The molecule has 5 nitrogen and oxygen atoms in total. The Morgan fingerprint density at radius 3 is 2.72 bits per heavy atom. The third-order valence-electron chi connectivity index (χ3n) is 4.43. The zero-order chi connectivity index (χ0) is 17.9. The number of thiophene rings is 1. The fraction of sp³-hybridized carbons (Fsp3) is 0.389. The molecule has 0 saturated carbocycles. The van der Waals surface area contributed by atoms with Gasteiger partial charge in [-0.2, -0.15) is 4.31 Å². The Hall–Kier alpha value is -1.70. The lowest BCUT2D eigenvalue weighted by atomic mass is 9.99. The van der Waals surface area contributed by atoms with Crippen molar-refractivity contribution in [2.24, 2.45) is 5.92 Å². The molecule has 1 aromatic carbocycles. The molecule has 25 heavy (non-hydrogen) atoms. The van der Waals surface area contributed by atoms with Crippen LogP contribution in [0.3, 0.4) is 0 Å². The van der Waals surface area contributed by atoms with E-state index in [1.54, 1.807) is 35.6 Å². The molecule has 3 rings (SSSR count). The van der Waals surface area contributed by atoms with E-state index in [0.717, 1.165) is 16.9 Å². The average molecular weight is 379 g/mol. The molecule has 0 radical (unpaired) electrons. The molecule has 1 aromatic heterocycles. The minimum Gasteiger partial charge on any atom is -0.351 e. The molecule has 1 amide bonds. The molecule has 2 aromatic rings. The molecule has 0 spiro atoms. The second-order valence-corrected chi connectivity index (χ2v) is 9.28. The molecule has 1 saturated heterocycles. The highest BCUT2D eigenvalue weighted by Crippen LogP contribution is 2.24. The monoisotopic (exact) mass is 378 g/mol. The number of piperidine rings is 1. The topological polar surface area (TPSA) is 66.5 Å². The molecule has 2 heterocycles. The third kappa shape index (κ3) is 4.29. The van der Waals surface area contributed by atoms with Gasteiger partial charge in [-0.15, -0.1) is 11.3 Å². The summed E-state index contributed by atoms with van der Waals surface area (Å²) >= 11 is 1.59. The maximum atomic E-state index is 12.8. The summed E-state index contributed by atoms with van der Waals surface area (Å²) in [5.41, 5.74) is 1.02. The van der Waals surface area contributed by atoms with Gasteiger partial charge in [-0.1, -0.05) is 23.8 Å². The molecule has 134 valence electrons. The molecule has 1 atom stereocenters. The molecule has 0 unspecified atom stereocenters. The van der Waals surface area contributed by atoms with Crippen LogP contribution < -0.4 is 5.32 Å². The van der Waals surface area contributed by atoms with E-state index in [1.165, 1.54) is 4.31 Å². The second-order valence-electron chi connectivity index (χ2n) is 6.31. The van der Waals surface area contributed by atoms with E-state index >= 15 is 0 Å². The number of amides is 1. The Balaban J connectivity index is 1.65. The molecule has 1 aliphatic rings. The maximum absolute atomic E-state index is 12.8. The summed E-state index contributed by atoms with van der Waals surface area (Å²) in [5, 5.41) is 4.89. The van der Waals surface area contributed by atoms with Crippen LogP contribution in [-0.4, -0.2) is 31.7 Å². The number of rotatable bonds is 5. The van der Waals surface area contributed by atoms with E-state index in [2.05, 4.69) is 5.32 Å². The molecular formula is C18H22N2O3S2. The predicted molar refractivity (Wildman–Crippen MR) is 98.8 cm³/mol. The lowest BCUT2D eigenvalue weighted by Crippen LogP contribution is -2.45. The van der Waals surface area contributed by atoms with Crippen molar-refractivity contribution in [2.45, 2.75) is 31.2 Å². The summed E-state index contributed by atoms with van der Waals surface area (Å²) in [5.74, 6) is -0.369. The Morgan fingerprint density at radius 1 is 1.28 bits per heavy atom. The maximum Gasteiger partial charge on any atom is 0.243 e. The highest BCUT2D eigenvalue weighted by molar-refractivity contribution is 7.89. The van der Waals surface area contributed by atoms with Gasteiger partial charge in [-0.05, 0) is 43.3 Å². The van der Waals surface area contributed by atoms with Gasteiger partial charge in [-0.25, -0.2) is 8.42 Å². The minimum absolute atomic E-state index is 0.0720. The molecule has 7 heteroatoms. The van der Waals surface area contributed by atoms with Crippen molar-refractivity contribution < 1.29 is 13.2 Å². The van der Waals surface area contributed by atoms with Crippen LogP contribution in [0, 0.1) is 12.8 Å². The molecule has 1 fully saturated rings. The predicted octanol–water partition coefficient (Wildman–Crippen LogP) is 2.77. The van der Waals surface area contributed by atoms with Gasteiger partial charge in [0, 0.05) is 18.0 Å². The number of aryl methyl sites for hydroxylation is 1. The van der Waals surface area contributed by atoms with Crippen LogP contribution in [0.5, 0.6) is 0 Å². The van der Waals surface area contributed by atoms with E-state index in [4.69, 9.17) is 0 Å². The minimum atomic E-state index is -3.55. The van der Waals surface area contributed by atoms with E-state index in [0.29, 0.717) is 19.5 Å². The van der Waals surface area contributed by atoms with Crippen LogP contribution in [0.4, 0.5) is 0 Å². The third-order valence-corrected chi connectivity index (χ3v) is 7.19. The van der Waals surface area contributed by atoms with Gasteiger partial charge in [0.1, 0.15) is 0 Å². The molecule has 0 bridgehead atoms. The summed E-state index contributed by atoms with van der Waals surface area (Å²) in [6.45, 7) is 3.13. The van der Waals surface area contributed by atoms with Crippen molar-refractivity contribution in [3.63, 3.8) is 0 Å². The van der Waals surface area contributed by atoms with Gasteiger partial charge in [0.15, 0.2) is 0 Å². The van der Waals surface area contributed by atoms with Crippen molar-refractivity contribution in [1.82, 2.24) is 9.62 Å². The fourth-order valence-corrected chi connectivity index (χ4v) is 5.13. The standard InChI is InChI=1S/C18H22N2O3S2/c1-14-6-8-17(9-7-14)25(22,23)20-10-2-4-15(13-20)18(21)19-12-16-5-3-11-24-16/h3,5-9,11,15H,2,4,10,12-13H2,1H3,(H,19,21)/t15-/m1/s1. The number of benzene rings is 1. The number of carbonyl (C=O) groups is 1. The number of hydrogen-bond acceptors (Lipinski definition) is 4. The number of hydrogen-bond donors (Lipinski definition) is 1. The molecule has 0 aliphatic carbocycles. The highest BCUT2D eigenvalue weighted by Gasteiger charge is 2.33. The Bertz CT molecular complexity index is 815. The lowest BCUT2D eigenvalue weighted by molar-refractivity contribution is -0.126. The van der Waals surface area contributed by atoms with Crippen molar-refractivity contribution in [3.05, 3.63) is 52.2 Å². The van der Waals surface area contributed by atoms with Crippen molar-refractivity contribution >= 4 is 27.3 Å². The highest BCUT2D eigenvalue weighted by atomic mass is 32.2. The largest absolute Gasteiger partial charge is 0.351 e. The van der Waals surface area contributed by atoms with Crippen molar-refractivity contribution in [2.75, 3.05) is 13.1 Å². The van der Waals surface area contributed by atoms with Crippen molar-refractivity contribution in [1.29, 1.82) is 0 Å². The zero-order valence-electron chi connectivity index (χ0n) is 14.1. The Kier molecular flexibility index (Phi) is 5.56. The zero-order valence-corrected chi connectivity index (χ0v) is 15.8. The normalized spacial score (nSPS) is 18.8. The van der Waals surface area contributed by atoms with E-state index in [1.807, 2.05) is 24.4 Å². The first-order chi connectivity index (χ1) is 12.0. The van der Waals surface area contributed by atoms with Crippen LogP contribution in [-0.2, 0) is 21.4 Å². The van der Waals surface area contributed by atoms with E-state index in [-0.39, 0.29) is 23.3 Å². The second kappa shape index (κ2) is 7.68. The first-order valence-electron chi connectivity index (χ1n) is 8.34. The van der Waals surface area contributed by atoms with E-state index < -0.39 is 10.0 Å². The summed E-state index contributed by atoms with van der Waals surface area (Å²) in [4.78, 5) is 13.8. The number of sulfonamides is 1. The molecule has 1 aliphatic heterocycles. The van der Waals surface area contributed by atoms with Gasteiger partial charge in [-0.3, -0.25) is 4.79 Å². The van der Waals surface area contributed by atoms with Gasteiger partial charge in [0.05, 0.1) is 17.4 Å². The van der Waals surface area contributed by atoms with E-state index in [9.17, 15) is 13.2 Å². The van der Waals surface area contributed by atoms with Gasteiger partial charge >= 0.3 is 0 Å². The average Bonchev–Trinajstić information content (AvgIpc) is 3.14. The number of carbonyl (C=O) groups excluding carboxylic acids is 1. The summed E-state index contributed by atoms with van der Waals surface area (Å²) in [7, 11) is -3.55. The lowest BCUT2D eigenvalue weighted by Gasteiger charge is -2.31. The number of nitrogens with one attached hydrogen (secondary N) is 1. The van der Waals surface area contributed by atoms with Crippen LogP contribution in [0.2, 0.25) is 0 Å². The van der Waals surface area contributed by atoms with Crippen LogP contribution in [0.15, 0.2) is 46.7 Å². The molecular weight excluding hydrogens is 356 g/mol. The SMILES string of the molecule is Cc1ccc(S(=O)(=O)N2CCC[C@@H](C(=O)NCc3cccs3)C2)cc1. The Labute approximate surface area is 152 Å². The quantitative estimate of drug-likeness (QED) is 0.870. The van der Waals surface area contributed by atoms with Crippen LogP contribution >= 0.6 is 11.3 Å². The Morgan fingerprint density at radius 2 is 2.04 bits per heavy atom.